The summed E-state index contributed by atoms with van der Waals surface area (Å²) in [6, 6.07) is 0.806. The van der Waals surface area contributed by atoms with Gasteiger partial charge in [0.1, 0.15) is 0 Å². The normalized spacial score (nSPS) is 19.0. The van der Waals surface area contributed by atoms with Crippen molar-refractivity contribution >= 4 is 67.5 Å². The van der Waals surface area contributed by atoms with E-state index >= 15 is 0 Å². The highest BCUT2D eigenvalue weighted by molar-refractivity contribution is 7.86. The summed E-state index contributed by atoms with van der Waals surface area (Å²) in [4.78, 5) is 42.9. The summed E-state index contributed by atoms with van der Waals surface area (Å²) in [5.41, 5.74) is 5.51. The van der Waals surface area contributed by atoms with Crippen LogP contribution in [0.25, 0.3) is 0 Å². The Labute approximate surface area is 187 Å². The van der Waals surface area contributed by atoms with Gasteiger partial charge in [-0.3, -0.25) is 0 Å². The van der Waals surface area contributed by atoms with Gasteiger partial charge in [0.05, 0.1) is 7.59 Å². The molecule has 0 bridgehead atoms. The van der Waals surface area contributed by atoms with E-state index < -0.39 is 67.5 Å². The van der Waals surface area contributed by atoms with E-state index in [9.17, 15) is 19.2 Å². The molecule has 0 aliphatic heterocycles. The van der Waals surface area contributed by atoms with E-state index in [1.165, 1.54) is 0 Å². The Balaban J connectivity index is 5.84. The Hall–Kier alpha value is 1.38. The van der Waals surface area contributed by atoms with E-state index in [-0.39, 0.29) is 0 Å². The molecule has 0 aromatic rings. The Morgan fingerprint density at radius 2 is 1.48 bits per heavy atom. The van der Waals surface area contributed by atoms with E-state index in [4.69, 9.17) is 18.1 Å². The van der Waals surface area contributed by atoms with Crippen molar-refractivity contribution in [2.24, 2.45) is 5.73 Å². The van der Waals surface area contributed by atoms with Crippen molar-refractivity contribution in [3.63, 3.8) is 0 Å². The molecule has 2 atom stereocenters. The van der Waals surface area contributed by atoms with Gasteiger partial charge in [-0.05, 0) is 45.7 Å². The zero-order valence-electron chi connectivity index (χ0n) is 19.2. The third kappa shape index (κ3) is 9.03. The van der Waals surface area contributed by atoms with E-state index in [1.807, 2.05) is 13.1 Å². The van der Waals surface area contributed by atoms with E-state index in [1.54, 1.807) is 0 Å². The first-order chi connectivity index (χ1) is 13.2. The second kappa shape index (κ2) is 12.6. The molecule has 29 heavy (non-hydrogen) atoms. The fourth-order valence-electron chi connectivity index (χ4n) is 3.64. The third-order valence-electron chi connectivity index (χ3n) is 4.92. The zero-order chi connectivity index (χ0) is 23.0. The average Bonchev–Trinajstić information content (AvgIpc) is 2.57. The second-order valence-electron chi connectivity index (χ2n) is 9.45. The van der Waals surface area contributed by atoms with Crippen LogP contribution in [0.15, 0.2) is 0 Å². The number of nitrogens with two attached hydrogens (primary N) is 1. The maximum absolute atomic E-state index is 12.0. The lowest BCUT2D eigenvalue weighted by molar-refractivity contribution is 0.329. The van der Waals surface area contributed by atoms with Crippen molar-refractivity contribution in [3.8, 4) is 0 Å². The lowest BCUT2D eigenvalue weighted by Gasteiger charge is -2.50. The molecule has 0 heterocycles. The van der Waals surface area contributed by atoms with E-state index in [0.717, 1.165) is 25.6 Å². The lowest BCUT2D eigenvalue weighted by atomic mass is 10.5. The molecule has 17 heteroatoms. The van der Waals surface area contributed by atoms with Crippen LogP contribution >= 0.6 is 0 Å². The molecule has 0 rings (SSSR count). The minimum absolute atomic E-state index is 0.578. The molecule has 0 aromatic heterocycles. The first-order valence-corrected chi connectivity index (χ1v) is 32.5. The fourth-order valence-corrected chi connectivity index (χ4v) is 89.5. The second-order valence-corrected chi connectivity index (χ2v) is 54.6. The summed E-state index contributed by atoms with van der Waals surface area (Å²) in [5, 5.41) is 3.27. The molecular formula is C12H44N2O7Si8. The van der Waals surface area contributed by atoms with Gasteiger partial charge in [0.2, 0.25) is 16.2 Å². The monoisotopic (exact) mass is 552 g/mol. The Morgan fingerprint density at radius 3 is 1.90 bits per heavy atom. The third-order valence-corrected chi connectivity index (χ3v) is 80.4. The molecule has 0 spiro atoms. The number of rotatable bonds is 16. The van der Waals surface area contributed by atoms with Gasteiger partial charge in [-0.1, -0.05) is 19.1 Å². The molecule has 2 unspecified atom stereocenters. The average molecular weight is 553 g/mol. The predicted octanol–water partition coefficient (Wildman–Crippen LogP) is -3.11. The number of hydrogen-bond acceptors (Lipinski definition) is 9. The standard InChI is InChI=1S/C12H44N2O7Si8/c1-25(2,3)20-27(6,7)21-29(24-17,19-22-15)28(18,23-16)26(4,5)12-8-10-14-11-9-13/h14-18H,8-13,22-24H2,1-7H3. The summed E-state index contributed by atoms with van der Waals surface area (Å²) in [7, 11) is -16.2. The number of nitrogens with one attached hydrogen (secondary N) is 1. The molecule has 0 aliphatic carbocycles. The Morgan fingerprint density at radius 1 is 0.897 bits per heavy atom. The highest BCUT2D eigenvalue weighted by atomic mass is 30.0. The van der Waals surface area contributed by atoms with Gasteiger partial charge in [0.25, 0.3) is 10.0 Å². The molecule has 0 saturated heterocycles. The summed E-state index contributed by atoms with van der Waals surface area (Å²) in [5.74, 6) is 0. The molecule has 0 fully saturated rings. The summed E-state index contributed by atoms with van der Waals surface area (Å²) < 4.78 is 18.7. The first-order valence-electron chi connectivity index (χ1n) is 10.2. The quantitative estimate of drug-likeness (QED) is 0.0865. The topological polar surface area (TPSA) is 147 Å². The molecular weight excluding hydrogens is 509 g/mol. The van der Waals surface area contributed by atoms with Crippen LogP contribution in [-0.2, 0) is 12.3 Å². The van der Waals surface area contributed by atoms with Crippen LogP contribution in [0.5, 0.6) is 0 Å². The minimum atomic E-state index is -3.48. The molecule has 0 aliphatic rings. The summed E-state index contributed by atoms with van der Waals surface area (Å²) >= 11 is 0. The molecule has 9 nitrogen and oxygen atoms in total. The van der Waals surface area contributed by atoms with Crippen LogP contribution in [0.2, 0.25) is 51.9 Å². The molecule has 0 radical (unpaired) electrons. The maximum atomic E-state index is 12.0. The lowest BCUT2D eigenvalue weighted by Crippen LogP contribution is -2.86. The Bertz CT molecular complexity index is 488. The van der Waals surface area contributed by atoms with Crippen molar-refractivity contribution in [2.75, 3.05) is 19.6 Å². The van der Waals surface area contributed by atoms with Gasteiger partial charge in [0.15, 0.2) is 17.6 Å². The van der Waals surface area contributed by atoms with Crippen LogP contribution in [0, 0.1) is 0 Å². The molecule has 0 saturated carbocycles. The maximum Gasteiger partial charge on any atom is 0.331 e. The van der Waals surface area contributed by atoms with Crippen molar-refractivity contribution < 1.29 is 31.5 Å². The van der Waals surface area contributed by atoms with Crippen LogP contribution in [-0.4, -0.2) is 106 Å². The summed E-state index contributed by atoms with van der Waals surface area (Å²) in [6.07, 6.45) is 0.864. The van der Waals surface area contributed by atoms with E-state index in [2.05, 4.69) is 38.1 Å². The van der Waals surface area contributed by atoms with Gasteiger partial charge in [-0.2, -0.15) is 0 Å². The highest BCUT2D eigenvalue weighted by Crippen LogP contribution is 2.32. The van der Waals surface area contributed by atoms with Crippen molar-refractivity contribution in [1.82, 2.24) is 5.32 Å². The van der Waals surface area contributed by atoms with Gasteiger partial charge >= 0.3 is 16.2 Å². The Kier molecular flexibility index (Phi) is 13.2. The molecule has 7 N–H and O–H groups in total. The van der Waals surface area contributed by atoms with Crippen LogP contribution in [0.1, 0.15) is 6.42 Å². The molecule has 0 amide bonds. The predicted molar refractivity (Wildman–Crippen MR) is 139 cm³/mol. The molecule has 176 valence electrons. The first kappa shape index (κ1) is 30.4. The van der Waals surface area contributed by atoms with Crippen LogP contribution < -0.4 is 11.1 Å². The summed E-state index contributed by atoms with van der Waals surface area (Å²) in [6.45, 7) is 13.0. The van der Waals surface area contributed by atoms with Crippen molar-refractivity contribution in [1.29, 1.82) is 0 Å². The van der Waals surface area contributed by atoms with Gasteiger partial charge in [-0.25, -0.2) is 0 Å². The minimum Gasteiger partial charge on any atom is -0.439 e. The van der Waals surface area contributed by atoms with Crippen LogP contribution in [0.4, 0.5) is 0 Å². The van der Waals surface area contributed by atoms with Crippen LogP contribution in [0.3, 0.4) is 0 Å². The smallest absolute Gasteiger partial charge is 0.331 e. The largest absolute Gasteiger partial charge is 0.439 e. The van der Waals surface area contributed by atoms with Gasteiger partial charge < -0.3 is 42.6 Å². The molecule has 0 aromatic carbocycles. The van der Waals surface area contributed by atoms with Crippen molar-refractivity contribution in [3.05, 3.63) is 0 Å². The number of hydrogen-bond donors (Lipinski definition) is 6. The fraction of sp³-hybridized carbons (Fsp3) is 1.00. The zero-order valence-corrected chi connectivity index (χ0v) is 28.5. The van der Waals surface area contributed by atoms with Crippen molar-refractivity contribution in [2.45, 2.75) is 58.3 Å². The highest BCUT2D eigenvalue weighted by Gasteiger charge is 2.68. The van der Waals surface area contributed by atoms with Gasteiger partial charge in [0, 0.05) is 13.1 Å². The SMILES string of the molecule is C[Si](C)(C)O[Si](C)(C)O[Si](O[SiH2]O)([SiH2]O)[Si](O)([SiH2]O)[Si](C)(C)CCCNCCN. The van der Waals surface area contributed by atoms with Gasteiger partial charge in [-0.15, -0.1) is 0 Å². The van der Waals surface area contributed by atoms with E-state index in [0.29, 0.717) is 6.54 Å².